The van der Waals surface area contributed by atoms with Crippen molar-refractivity contribution in [1.29, 1.82) is 0 Å². The van der Waals surface area contributed by atoms with Gasteiger partial charge >= 0.3 is 0 Å². The highest BCUT2D eigenvalue weighted by Crippen LogP contribution is 2.36. The number of fused-ring (bicyclic) bond motifs is 1. The molecule has 1 aliphatic heterocycles. The molecule has 140 valence electrons. The van der Waals surface area contributed by atoms with Crippen LogP contribution in [0.5, 0.6) is 0 Å². The van der Waals surface area contributed by atoms with Crippen molar-refractivity contribution in [2.45, 2.75) is 31.1 Å². The molecule has 0 bridgehead atoms. The zero-order valence-corrected chi connectivity index (χ0v) is 17.1. The molecule has 0 spiro atoms. The highest BCUT2D eigenvalue weighted by Gasteiger charge is 2.24. The summed E-state index contributed by atoms with van der Waals surface area (Å²) in [5.41, 5.74) is 1.54. The highest BCUT2D eigenvalue weighted by molar-refractivity contribution is 7.98. The minimum absolute atomic E-state index is 0.0895. The summed E-state index contributed by atoms with van der Waals surface area (Å²) < 4.78 is 0. The molecule has 0 aliphatic carbocycles. The van der Waals surface area contributed by atoms with Crippen molar-refractivity contribution in [2.75, 3.05) is 29.6 Å². The lowest BCUT2D eigenvalue weighted by molar-refractivity contribution is 0.102. The van der Waals surface area contributed by atoms with Crippen molar-refractivity contribution >= 4 is 50.7 Å². The van der Waals surface area contributed by atoms with E-state index in [9.17, 15) is 4.79 Å². The molecule has 4 rings (SSSR count). The van der Waals surface area contributed by atoms with Gasteiger partial charge in [-0.1, -0.05) is 12.1 Å². The minimum Gasteiger partial charge on any atom is -0.356 e. The maximum Gasteiger partial charge on any atom is 0.257 e. The highest BCUT2D eigenvalue weighted by atomic mass is 32.2. The fourth-order valence-electron chi connectivity index (χ4n) is 3.58. The molecule has 1 N–H and O–H groups in total. The molecular weight excluding hydrogens is 376 g/mol. The molecule has 0 radical (unpaired) electrons. The summed E-state index contributed by atoms with van der Waals surface area (Å²) in [7, 11) is 0. The van der Waals surface area contributed by atoms with E-state index < -0.39 is 0 Å². The molecule has 27 heavy (non-hydrogen) atoms. The van der Waals surface area contributed by atoms with Crippen molar-refractivity contribution in [2.24, 2.45) is 0 Å². The predicted octanol–water partition coefficient (Wildman–Crippen LogP) is 4.96. The molecule has 0 saturated carbocycles. The van der Waals surface area contributed by atoms with Crippen LogP contribution in [0.15, 0.2) is 35.5 Å². The maximum absolute atomic E-state index is 13.2. The van der Waals surface area contributed by atoms with Crippen molar-refractivity contribution in [3.05, 3.63) is 41.0 Å². The van der Waals surface area contributed by atoms with Gasteiger partial charge in [0.15, 0.2) is 0 Å². The number of anilines is 2. The van der Waals surface area contributed by atoms with Gasteiger partial charge in [-0.2, -0.15) is 0 Å². The quantitative estimate of drug-likeness (QED) is 0.629. The van der Waals surface area contributed by atoms with Crippen LogP contribution in [0.4, 0.5) is 11.5 Å². The monoisotopic (exact) mass is 398 g/mol. The van der Waals surface area contributed by atoms with Crippen LogP contribution in [0, 0.1) is 6.92 Å². The fraction of sp³-hybridized carbons (Fsp3) is 0.350. The number of benzene rings is 1. The van der Waals surface area contributed by atoms with Crippen molar-refractivity contribution in [3.63, 3.8) is 0 Å². The van der Waals surface area contributed by atoms with E-state index in [-0.39, 0.29) is 5.91 Å². The molecule has 0 unspecified atom stereocenters. The largest absolute Gasteiger partial charge is 0.356 e. The van der Waals surface area contributed by atoms with Gasteiger partial charge in [0.2, 0.25) is 0 Å². The van der Waals surface area contributed by atoms with Gasteiger partial charge in [-0.25, -0.2) is 9.97 Å². The minimum atomic E-state index is -0.0895. The molecule has 1 aromatic carbocycles. The topological polar surface area (TPSA) is 58.1 Å². The average Bonchev–Trinajstić information content (AvgIpc) is 3.05. The van der Waals surface area contributed by atoms with Crippen LogP contribution in [-0.4, -0.2) is 35.2 Å². The third-order valence-corrected chi connectivity index (χ3v) is 6.69. The summed E-state index contributed by atoms with van der Waals surface area (Å²) in [6, 6.07) is 7.88. The molecule has 1 amide bonds. The second-order valence-electron chi connectivity index (χ2n) is 6.61. The zero-order valence-electron chi connectivity index (χ0n) is 15.5. The lowest BCUT2D eigenvalue weighted by Gasteiger charge is -2.28. The number of piperidine rings is 1. The molecule has 2 aromatic heterocycles. The molecule has 3 aromatic rings. The Kier molecular flexibility index (Phi) is 5.31. The summed E-state index contributed by atoms with van der Waals surface area (Å²) in [5.74, 6) is 0.806. The van der Waals surface area contributed by atoms with E-state index in [1.165, 1.54) is 6.42 Å². The number of nitrogens with zero attached hydrogens (tertiary/aromatic N) is 3. The molecule has 1 fully saturated rings. The van der Waals surface area contributed by atoms with E-state index in [4.69, 9.17) is 0 Å². The van der Waals surface area contributed by atoms with Gasteiger partial charge in [0.1, 0.15) is 17.0 Å². The number of thiophene rings is 1. The summed E-state index contributed by atoms with van der Waals surface area (Å²) in [5, 5.41) is 3.99. The molecule has 3 heterocycles. The number of hydrogen-bond acceptors (Lipinski definition) is 6. The van der Waals surface area contributed by atoms with Gasteiger partial charge < -0.3 is 10.2 Å². The summed E-state index contributed by atoms with van der Waals surface area (Å²) in [6.07, 6.45) is 7.21. The van der Waals surface area contributed by atoms with E-state index in [1.54, 1.807) is 29.4 Å². The lowest BCUT2D eigenvalue weighted by Crippen LogP contribution is -2.30. The number of rotatable bonds is 4. The Hall–Kier alpha value is -2.12. The number of hydrogen-bond donors (Lipinski definition) is 1. The standard InChI is InChI=1S/C20H22N4OS2/c1-13-16(19(25)23-14-8-4-5-9-15(14)26-2)17-18(21-12-22-20(17)27-13)24-10-6-3-7-11-24/h4-5,8-9,12H,3,6-7,10-11H2,1-2H3,(H,23,25). The van der Waals surface area contributed by atoms with Gasteiger partial charge in [0.05, 0.1) is 16.6 Å². The zero-order chi connectivity index (χ0) is 18.8. The van der Waals surface area contributed by atoms with Gasteiger partial charge in [0.25, 0.3) is 5.91 Å². The Morgan fingerprint density at radius 2 is 1.96 bits per heavy atom. The van der Waals surface area contributed by atoms with Crippen LogP contribution in [0.2, 0.25) is 0 Å². The van der Waals surface area contributed by atoms with Crippen LogP contribution >= 0.6 is 23.1 Å². The van der Waals surface area contributed by atoms with Gasteiger partial charge in [-0.05, 0) is 44.6 Å². The Bertz CT molecular complexity index is 979. The van der Waals surface area contributed by atoms with Gasteiger partial charge in [-0.3, -0.25) is 4.79 Å². The van der Waals surface area contributed by atoms with Crippen LogP contribution < -0.4 is 10.2 Å². The predicted molar refractivity (Wildman–Crippen MR) is 114 cm³/mol. The maximum atomic E-state index is 13.2. The Balaban J connectivity index is 1.76. The molecule has 7 heteroatoms. The van der Waals surface area contributed by atoms with E-state index in [1.807, 2.05) is 37.4 Å². The number of nitrogens with one attached hydrogen (secondary N) is 1. The number of carbonyl (C=O) groups excluding carboxylic acids is 1. The van der Waals surface area contributed by atoms with E-state index in [2.05, 4.69) is 20.2 Å². The number of aryl methyl sites for hydroxylation is 1. The third-order valence-electron chi connectivity index (χ3n) is 4.88. The number of carbonyl (C=O) groups is 1. The van der Waals surface area contributed by atoms with Crippen LogP contribution in [0.3, 0.4) is 0 Å². The van der Waals surface area contributed by atoms with Crippen molar-refractivity contribution in [1.82, 2.24) is 9.97 Å². The van der Waals surface area contributed by atoms with E-state index >= 15 is 0 Å². The second kappa shape index (κ2) is 7.86. The van der Waals surface area contributed by atoms with Crippen LogP contribution in [0.1, 0.15) is 34.5 Å². The fourth-order valence-corrected chi connectivity index (χ4v) is 5.12. The summed E-state index contributed by atoms with van der Waals surface area (Å²) in [4.78, 5) is 27.4. The Morgan fingerprint density at radius 1 is 1.19 bits per heavy atom. The molecule has 5 nitrogen and oxygen atoms in total. The molecule has 1 aliphatic rings. The summed E-state index contributed by atoms with van der Waals surface area (Å²) in [6.45, 7) is 3.95. The Morgan fingerprint density at radius 3 is 2.74 bits per heavy atom. The van der Waals surface area contributed by atoms with E-state index in [0.717, 1.165) is 57.4 Å². The first kappa shape index (κ1) is 18.3. The van der Waals surface area contributed by atoms with Crippen molar-refractivity contribution < 1.29 is 4.79 Å². The van der Waals surface area contributed by atoms with E-state index in [0.29, 0.717) is 5.56 Å². The van der Waals surface area contributed by atoms with Crippen LogP contribution in [0.25, 0.3) is 10.2 Å². The Labute approximate surface area is 167 Å². The first-order valence-corrected chi connectivity index (χ1v) is 11.2. The number of amides is 1. The average molecular weight is 399 g/mol. The molecule has 0 atom stereocenters. The molecular formula is C20H22N4OS2. The number of para-hydroxylation sites is 1. The first-order chi connectivity index (χ1) is 13.2. The smallest absolute Gasteiger partial charge is 0.257 e. The molecule has 1 saturated heterocycles. The second-order valence-corrected chi connectivity index (χ2v) is 8.66. The van der Waals surface area contributed by atoms with Crippen molar-refractivity contribution in [3.8, 4) is 0 Å². The number of aromatic nitrogens is 2. The normalized spacial score (nSPS) is 14.5. The SMILES string of the molecule is CSc1ccccc1NC(=O)c1c(C)sc2ncnc(N3CCCCC3)c12. The summed E-state index contributed by atoms with van der Waals surface area (Å²) >= 11 is 3.19. The third kappa shape index (κ3) is 3.53. The van der Waals surface area contributed by atoms with Crippen LogP contribution in [-0.2, 0) is 0 Å². The van der Waals surface area contributed by atoms with Gasteiger partial charge in [0, 0.05) is 22.9 Å². The van der Waals surface area contributed by atoms with Gasteiger partial charge in [-0.15, -0.1) is 23.1 Å². The lowest BCUT2D eigenvalue weighted by atomic mass is 10.1. The first-order valence-electron chi connectivity index (χ1n) is 9.12. The number of thioether (sulfide) groups is 1.